The van der Waals surface area contributed by atoms with E-state index < -0.39 is 0 Å². The molecule has 1 saturated heterocycles. The number of ether oxygens (including phenoxy) is 1. The van der Waals surface area contributed by atoms with E-state index in [0.717, 1.165) is 30.2 Å². The lowest BCUT2D eigenvalue weighted by Crippen LogP contribution is -2.49. The van der Waals surface area contributed by atoms with Crippen molar-refractivity contribution >= 4 is 5.57 Å². The highest BCUT2D eigenvalue weighted by Crippen LogP contribution is 2.36. The monoisotopic (exact) mass is 214 g/mol. The summed E-state index contributed by atoms with van der Waals surface area (Å²) in [5.41, 5.74) is 2.54. The van der Waals surface area contributed by atoms with Crippen LogP contribution in [0.4, 0.5) is 0 Å². The summed E-state index contributed by atoms with van der Waals surface area (Å²) in [6.07, 6.45) is 8.48. The van der Waals surface area contributed by atoms with Gasteiger partial charge in [-0.3, -0.25) is 4.98 Å². The zero-order valence-electron chi connectivity index (χ0n) is 9.02. The molecular weight excluding hydrogens is 200 g/mol. The number of nitrogens with zero attached hydrogens (tertiary/aromatic N) is 1. The first kappa shape index (κ1) is 9.60. The van der Waals surface area contributed by atoms with Crippen molar-refractivity contribution in [3.63, 3.8) is 0 Å². The van der Waals surface area contributed by atoms with E-state index in [-0.39, 0.29) is 0 Å². The molecule has 3 rings (SSSR count). The largest absolute Gasteiger partial charge is 0.464 e. The quantitative estimate of drug-likeness (QED) is 0.781. The molecular formula is C13H14N2O. The molecule has 0 saturated carbocycles. The van der Waals surface area contributed by atoms with Crippen molar-refractivity contribution in [3.8, 4) is 5.75 Å². The highest BCUT2D eigenvalue weighted by Gasteiger charge is 2.34. The van der Waals surface area contributed by atoms with Gasteiger partial charge in [0.1, 0.15) is 5.75 Å². The minimum Gasteiger partial charge on any atom is -0.464 e. The van der Waals surface area contributed by atoms with Crippen LogP contribution in [0.25, 0.3) is 5.57 Å². The Hall–Kier alpha value is -1.61. The number of pyridine rings is 1. The lowest BCUT2D eigenvalue weighted by Gasteiger charge is -2.31. The molecule has 3 heteroatoms. The van der Waals surface area contributed by atoms with Crippen LogP contribution >= 0.6 is 0 Å². The molecule has 16 heavy (non-hydrogen) atoms. The van der Waals surface area contributed by atoms with Gasteiger partial charge in [0.05, 0.1) is 12.5 Å². The fraction of sp³-hybridized carbons (Fsp3) is 0.308. The van der Waals surface area contributed by atoms with Crippen LogP contribution in [0.3, 0.4) is 0 Å². The van der Waals surface area contributed by atoms with Crippen LogP contribution in [0.2, 0.25) is 0 Å². The van der Waals surface area contributed by atoms with E-state index in [0.29, 0.717) is 6.04 Å². The maximum atomic E-state index is 5.23. The van der Waals surface area contributed by atoms with E-state index in [1.807, 2.05) is 12.3 Å². The smallest absolute Gasteiger partial charge is 0.145 e. The van der Waals surface area contributed by atoms with E-state index in [2.05, 4.69) is 23.0 Å². The Morgan fingerprint density at radius 1 is 1.50 bits per heavy atom. The molecule has 82 valence electrons. The lowest BCUT2D eigenvalue weighted by atomic mass is 9.95. The van der Waals surface area contributed by atoms with Gasteiger partial charge in [-0.1, -0.05) is 12.7 Å². The number of fused-ring (bicyclic) bond motifs is 1. The zero-order valence-corrected chi connectivity index (χ0v) is 9.02. The van der Waals surface area contributed by atoms with Gasteiger partial charge in [0.25, 0.3) is 0 Å². The van der Waals surface area contributed by atoms with E-state index >= 15 is 0 Å². The van der Waals surface area contributed by atoms with Gasteiger partial charge in [-0.15, -0.1) is 0 Å². The Kier molecular flexibility index (Phi) is 2.26. The zero-order chi connectivity index (χ0) is 11.0. The number of hydrogen-bond acceptors (Lipinski definition) is 3. The summed E-state index contributed by atoms with van der Waals surface area (Å²) in [6, 6.07) is 2.67. The molecule has 2 aliphatic rings. The normalized spacial score (nSPS) is 26.6. The van der Waals surface area contributed by atoms with Gasteiger partial charge in [0, 0.05) is 24.7 Å². The average molecular weight is 214 g/mol. The minimum absolute atomic E-state index is 0.652. The van der Waals surface area contributed by atoms with Crippen LogP contribution < -0.4 is 10.1 Å². The Labute approximate surface area is 94.8 Å². The van der Waals surface area contributed by atoms with E-state index in [1.54, 1.807) is 6.20 Å². The van der Waals surface area contributed by atoms with Gasteiger partial charge in [0.2, 0.25) is 0 Å². The SMILES string of the molecule is C=COc1cncc(C2=CC3CNC3C2)c1. The van der Waals surface area contributed by atoms with Crippen LogP contribution in [0.15, 0.2) is 37.4 Å². The van der Waals surface area contributed by atoms with Gasteiger partial charge in [-0.05, 0) is 23.6 Å². The third kappa shape index (κ3) is 1.53. The van der Waals surface area contributed by atoms with Crippen molar-refractivity contribution in [1.29, 1.82) is 0 Å². The first-order valence-electron chi connectivity index (χ1n) is 5.54. The number of hydrogen-bond donors (Lipinski definition) is 1. The molecule has 1 aliphatic heterocycles. The number of aromatic nitrogens is 1. The van der Waals surface area contributed by atoms with E-state index in [9.17, 15) is 0 Å². The van der Waals surface area contributed by atoms with E-state index in [4.69, 9.17) is 4.74 Å². The van der Waals surface area contributed by atoms with Crippen LogP contribution in [-0.4, -0.2) is 17.6 Å². The second kappa shape index (κ2) is 3.76. The number of rotatable bonds is 3. The first-order valence-corrected chi connectivity index (χ1v) is 5.54. The highest BCUT2D eigenvalue weighted by atomic mass is 16.5. The second-order valence-corrected chi connectivity index (χ2v) is 4.27. The van der Waals surface area contributed by atoms with Crippen molar-refractivity contribution in [2.75, 3.05) is 6.54 Å². The predicted molar refractivity (Wildman–Crippen MR) is 62.9 cm³/mol. The lowest BCUT2D eigenvalue weighted by molar-refractivity contribution is 0.306. The summed E-state index contributed by atoms with van der Waals surface area (Å²) in [5, 5.41) is 3.43. The predicted octanol–water partition coefficient (Wildman–Crippen LogP) is 1.98. The summed E-state index contributed by atoms with van der Waals surface area (Å²) in [6.45, 7) is 4.66. The van der Waals surface area contributed by atoms with Gasteiger partial charge >= 0.3 is 0 Å². The van der Waals surface area contributed by atoms with Crippen molar-refractivity contribution in [3.05, 3.63) is 42.9 Å². The molecule has 1 N–H and O–H groups in total. The fourth-order valence-corrected chi connectivity index (χ4v) is 2.35. The van der Waals surface area contributed by atoms with Crippen LogP contribution in [0, 0.1) is 5.92 Å². The Bertz CT molecular complexity index is 453. The van der Waals surface area contributed by atoms with Gasteiger partial charge < -0.3 is 10.1 Å². The summed E-state index contributed by atoms with van der Waals surface area (Å²) in [4.78, 5) is 4.18. The molecule has 1 fully saturated rings. The molecule has 2 unspecified atom stereocenters. The second-order valence-electron chi connectivity index (χ2n) is 4.27. The average Bonchev–Trinajstić information content (AvgIpc) is 2.56. The fourth-order valence-electron chi connectivity index (χ4n) is 2.35. The maximum Gasteiger partial charge on any atom is 0.145 e. The molecule has 3 nitrogen and oxygen atoms in total. The molecule has 1 aromatic heterocycles. The summed E-state index contributed by atoms with van der Waals surface area (Å²) in [5.74, 6) is 1.47. The Morgan fingerprint density at radius 3 is 3.06 bits per heavy atom. The minimum atomic E-state index is 0.652. The molecule has 0 spiro atoms. The molecule has 0 amide bonds. The van der Waals surface area contributed by atoms with Crippen LogP contribution in [0.1, 0.15) is 12.0 Å². The van der Waals surface area contributed by atoms with Crippen LogP contribution in [-0.2, 0) is 0 Å². The molecule has 1 aromatic rings. The Balaban J connectivity index is 1.86. The van der Waals surface area contributed by atoms with Crippen molar-refractivity contribution in [2.24, 2.45) is 5.92 Å². The van der Waals surface area contributed by atoms with Crippen LogP contribution in [0.5, 0.6) is 5.75 Å². The topological polar surface area (TPSA) is 34.1 Å². The third-order valence-electron chi connectivity index (χ3n) is 3.29. The van der Waals surface area contributed by atoms with Gasteiger partial charge in [-0.25, -0.2) is 0 Å². The summed E-state index contributed by atoms with van der Waals surface area (Å²) >= 11 is 0. The highest BCUT2D eigenvalue weighted by molar-refractivity contribution is 5.69. The van der Waals surface area contributed by atoms with Crippen molar-refractivity contribution < 1.29 is 4.74 Å². The number of nitrogens with one attached hydrogen (secondary N) is 1. The first-order chi connectivity index (χ1) is 7.86. The molecule has 0 bridgehead atoms. The molecule has 2 atom stereocenters. The molecule has 0 radical (unpaired) electrons. The van der Waals surface area contributed by atoms with E-state index in [1.165, 1.54) is 11.8 Å². The maximum absolute atomic E-state index is 5.23. The van der Waals surface area contributed by atoms with Gasteiger partial charge in [-0.2, -0.15) is 0 Å². The summed E-state index contributed by atoms with van der Waals surface area (Å²) < 4.78 is 5.23. The Morgan fingerprint density at radius 2 is 2.44 bits per heavy atom. The van der Waals surface area contributed by atoms with Gasteiger partial charge in [0.15, 0.2) is 0 Å². The molecule has 1 aliphatic carbocycles. The standard InChI is InChI=1S/C13H14N2O/c1-2-16-12-4-10(6-14-8-12)9-3-11-7-15-13(11)5-9/h2-4,6,8,11,13,15H,1,5,7H2. The van der Waals surface area contributed by atoms with Crippen molar-refractivity contribution in [2.45, 2.75) is 12.5 Å². The molecule has 0 aromatic carbocycles. The van der Waals surface area contributed by atoms with Crippen molar-refractivity contribution in [1.82, 2.24) is 10.3 Å². The molecule has 2 heterocycles. The third-order valence-corrected chi connectivity index (χ3v) is 3.29. The summed E-state index contributed by atoms with van der Waals surface area (Å²) in [7, 11) is 0.